The van der Waals surface area contributed by atoms with Crippen molar-refractivity contribution in [3.05, 3.63) is 114 Å². The van der Waals surface area contributed by atoms with Gasteiger partial charge in [0.15, 0.2) is 28.5 Å². The van der Waals surface area contributed by atoms with Gasteiger partial charge in [-0.2, -0.15) is 23.4 Å². The number of benzene rings is 3. The lowest BCUT2D eigenvalue weighted by Crippen LogP contribution is -2.15. The van der Waals surface area contributed by atoms with Crippen molar-refractivity contribution in [3.8, 4) is 34.3 Å². The number of anilines is 1. The highest BCUT2D eigenvalue weighted by Gasteiger charge is 2.36. The van der Waals surface area contributed by atoms with Gasteiger partial charge in [0, 0.05) is 17.8 Å². The third-order valence-electron chi connectivity index (χ3n) is 6.74. The molecule has 13 heteroatoms. The predicted octanol–water partition coefficient (Wildman–Crippen LogP) is 6.72. The van der Waals surface area contributed by atoms with E-state index in [0.717, 1.165) is 11.6 Å². The third-order valence-corrected chi connectivity index (χ3v) is 6.74. The van der Waals surface area contributed by atoms with Crippen LogP contribution in [-0.4, -0.2) is 44.5 Å². The van der Waals surface area contributed by atoms with Crippen molar-refractivity contribution in [2.45, 2.75) is 12.7 Å². The Morgan fingerprint density at radius 2 is 1.67 bits per heavy atom. The summed E-state index contributed by atoms with van der Waals surface area (Å²) in [7, 11) is 2.87. The van der Waals surface area contributed by atoms with Gasteiger partial charge < -0.3 is 19.5 Å². The van der Waals surface area contributed by atoms with Gasteiger partial charge in [-0.15, -0.1) is 0 Å². The number of hydrogen-bond donors (Lipinski definition) is 1. The molecule has 45 heavy (non-hydrogen) atoms. The van der Waals surface area contributed by atoms with Gasteiger partial charge in [0.25, 0.3) is 5.91 Å². The first kappa shape index (κ1) is 29.2. The van der Waals surface area contributed by atoms with Crippen LogP contribution >= 0.6 is 0 Å². The summed E-state index contributed by atoms with van der Waals surface area (Å²) in [6, 6.07) is 23.6. The van der Waals surface area contributed by atoms with Crippen molar-refractivity contribution in [1.29, 1.82) is 0 Å². The molecule has 0 aliphatic heterocycles. The smallest absolute Gasteiger partial charge is 0.433 e. The number of methoxy groups -OCH3 is 2. The van der Waals surface area contributed by atoms with Crippen molar-refractivity contribution < 1.29 is 32.2 Å². The number of rotatable bonds is 9. The maximum Gasteiger partial charge on any atom is 0.433 e. The molecule has 0 spiro atoms. The molecular formula is C32H25F3N6O4. The van der Waals surface area contributed by atoms with E-state index in [-0.39, 0.29) is 17.0 Å². The zero-order chi connectivity index (χ0) is 31.6. The maximum atomic E-state index is 14.1. The fourth-order valence-corrected chi connectivity index (χ4v) is 4.66. The number of hydrogen-bond acceptors (Lipinski definition) is 7. The Balaban J connectivity index is 1.21. The van der Waals surface area contributed by atoms with Crippen LogP contribution < -0.4 is 19.5 Å². The average molecular weight is 615 g/mol. The van der Waals surface area contributed by atoms with Crippen molar-refractivity contribution in [3.63, 3.8) is 0 Å². The number of carbonyl (C=O) groups is 1. The zero-order valence-corrected chi connectivity index (χ0v) is 23.9. The fourth-order valence-electron chi connectivity index (χ4n) is 4.66. The van der Waals surface area contributed by atoms with E-state index in [9.17, 15) is 18.0 Å². The topological polar surface area (TPSA) is 105 Å². The monoisotopic (exact) mass is 614 g/mol. The molecule has 10 nitrogen and oxygen atoms in total. The lowest BCUT2D eigenvalue weighted by atomic mass is 10.1. The minimum absolute atomic E-state index is 0.0159. The Kier molecular flexibility index (Phi) is 7.82. The minimum atomic E-state index is -4.78. The summed E-state index contributed by atoms with van der Waals surface area (Å²) < 4.78 is 60.9. The van der Waals surface area contributed by atoms with Crippen LogP contribution in [0.1, 0.15) is 21.7 Å². The van der Waals surface area contributed by atoms with Crippen molar-refractivity contribution >= 4 is 17.2 Å². The number of ether oxygens (including phenoxy) is 3. The number of para-hydroxylation sites is 1. The molecule has 6 aromatic rings. The molecule has 3 aromatic heterocycles. The first-order valence-corrected chi connectivity index (χ1v) is 13.6. The first-order valence-electron chi connectivity index (χ1n) is 13.6. The number of amides is 1. The van der Waals surface area contributed by atoms with Gasteiger partial charge in [0.05, 0.1) is 38.3 Å². The lowest BCUT2D eigenvalue weighted by molar-refractivity contribution is -0.142. The molecule has 0 fully saturated rings. The normalized spacial score (nSPS) is 11.4. The Bertz CT molecular complexity index is 1990. The van der Waals surface area contributed by atoms with Crippen LogP contribution in [0.2, 0.25) is 0 Å². The van der Waals surface area contributed by atoms with E-state index >= 15 is 0 Å². The minimum Gasteiger partial charge on any atom is -0.493 e. The second-order valence-electron chi connectivity index (χ2n) is 9.84. The Hall–Kier alpha value is -5.85. The predicted molar refractivity (Wildman–Crippen MR) is 159 cm³/mol. The quantitative estimate of drug-likeness (QED) is 0.193. The van der Waals surface area contributed by atoms with Crippen molar-refractivity contribution in [2.24, 2.45) is 0 Å². The van der Waals surface area contributed by atoms with Crippen LogP contribution in [0.3, 0.4) is 0 Å². The van der Waals surface area contributed by atoms with Gasteiger partial charge in [0.2, 0.25) is 0 Å². The number of halogens is 3. The number of nitrogens with one attached hydrogen (secondary N) is 1. The number of alkyl halides is 3. The molecule has 0 unspecified atom stereocenters. The summed E-state index contributed by atoms with van der Waals surface area (Å²) in [5, 5.41) is 10.9. The number of carbonyl (C=O) groups excluding carboxylic acids is 1. The molecule has 3 heterocycles. The fraction of sp³-hybridized carbons (Fsp3) is 0.125. The highest BCUT2D eigenvalue weighted by atomic mass is 19.4. The third kappa shape index (κ3) is 6.42. The molecular weight excluding hydrogens is 589 g/mol. The summed E-state index contributed by atoms with van der Waals surface area (Å²) in [5.41, 5.74) is 0.107. The van der Waals surface area contributed by atoms with Crippen LogP contribution in [0.15, 0.2) is 97.3 Å². The van der Waals surface area contributed by atoms with Gasteiger partial charge in [-0.25, -0.2) is 9.50 Å². The molecule has 0 bridgehead atoms. The second-order valence-corrected chi connectivity index (χ2v) is 9.84. The molecule has 1 N–H and O–H groups in total. The van der Waals surface area contributed by atoms with E-state index in [2.05, 4.69) is 20.5 Å². The average Bonchev–Trinajstić information content (AvgIpc) is 3.67. The highest BCUT2D eigenvalue weighted by molar-refractivity contribution is 6.03. The Morgan fingerprint density at radius 1 is 0.889 bits per heavy atom. The lowest BCUT2D eigenvalue weighted by Gasteiger charge is -2.12. The molecule has 0 saturated heterocycles. The van der Waals surface area contributed by atoms with Crippen LogP contribution in [0.4, 0.5) is 18.9 Å². The summed E-state index contributed by atoms with van der Waals surface area (Å²) in [6.45, 7) is 0.383. The SMILES string of the molecule is COc1ccc(-c2cc(C(F)(F)F)n3nc(C(=O)Nc4cnn(Cc5cccc(Oc6ccccc6)c5)c4)cc3n2)cc1OC. The van der Waals surface area contributed by atoms with E-state index in [4.69, 9.17) is 14.2 Å². The largest absolute Gasteiger partial charge is 0.493 e. The van der Waals surface area contributed by atoms with Crippen LogP contribution in [-0.2, 0) is 12.7 Å². The summed E-state index contributed by atoms with van der Waals surface area (Å²) in [6.07, 6.45) is -1.74. The van der Waals surface area contributed by atoms with Crippen molar-refractivity contribution in [1.82, 2.24) is 24.4 Å². The summed E-state index contributed by atoms with van der Waals surface area (Å²) >= 11 is 0. The number of aromatic nitrogens is 5. The second kappa shape index (κ2) is 12.0. The molecule has 3 aromatic carbocycles. The van der Waals surface area contributed by atoms with Gasteiger partial charge >= 0.3 is 6.18 Å². The van der Waals surface area contributed by atoms with Gasteiger partial charge in [-0.05, 0) is 54.1 Å². The number of fused-ring (bicyclic) bond motifs is 1. The van der Waals surface area contributed by atoms with Gasteiger partial charge in [-0.1, -0.05) is 30.3 Å². The molecule has 0 saturated carbocycles. The maximum absolute atomic E-state index is 14.1. The molecule has 228 valence electrons. The molecule has 1 amide bonds. The first-order chi connectivity index (χ1) is 21.7. The summed E-state index contributed by atoms with van der Waals surface area (Å²) in [4.78, 5) is 17.4. The Morgan fingerprint density at radius 3 is 2.42 bits per heavy atom. The van der Waals surface area contributed by atoms with E-state index in [0.29, 0.717) is 45.3 Å². The van der Waals surface area contributed by atoms with E-state index in [1.807, 2.05) is 54.6 Å². The zero-order valence-electron chi connectivity index (χ0n) is 23.9. The molecule has 0 atom stereocenters. The van der Waals surface area contributed by atoms with Gasteiger partial charge in [0.1, 0.15) is 11.5 Å². The molecule has 0 radical (unpaired) electrons. The van der Waals surface area contributed by atoms with E-state index in [1.54, 1.807) is 23.0 Å². The molecule has 6 rings (SSSR count). The van der Waals surface area contributed by atoms with E-state index < -0.39 is 17.8 Å². The number of nitrogens with zero attached hydrogens (tertiary/aromatic N) is 5. The van der Waals surface area contributed by atoms with E-state index in [1.165, 1.54) is 32.5 Å². The van der Waals surface area contributed by atoms with Gasteiger partial charge in [-0.3, -0.25) is 9.48 Å². The summed E-state index contributed by atoms with van der Waals surface area (Å²) in [5.74, 6) is 1.38. The highest BCUT2D eigenvalue weighted by Crippen LogP contribution is 2.35. The Labute approximate surface area is 254 Å². The van der Waals surface area contributed by atoms with Crippen LogP contribution in [0.25, 0.3) is 16.9 Å². The van der Waals surface area contributed by atoms with Crippen LogP contribution in [0.5, 0.6) is 23.0 Å². The molecule has 0 aliphatic carbocycles. The standard InChI is InChI=1S/C32H25F3N6O4/c1-43-27-12-11-21(14-28(27)44-2)25-15-29(32(33,34)35)41-30(38-25)16-26(39-41)31(42)37-22-17-36-40(19-22)18-20-7-6-10-24(13-20)45-23-8-4-3-5-9-23/h3-17,19H,18H2,1-2H3,(H,37,42). The molecule has 0 aliphatic rings. The van der Waals surface area contributed by atoms with Crippen molar-refractivity contribution in [2.75, 3.05) is 19.5 Å². The van der Waals surface area contributed by atoms with Crippen LogP contribution in [0, 0.1) is 0 Å².